The Morgan fingerprint density at radius 2 is 1.88 bits per heavy atom. The minimum Gasteiger partial charge on any atom is -0.359 e. The van der Waals surface area contributed by atoms with Gasteiger partial charge in [0.2, 0.25) is 0 Å². The number of hydrogen-bond donors (Lipinski definition) is 3. The Balaban J connectivity index is 1.29. The molecule has 0 radical (unpaired) electrons. The van der Waals surface area contributed by atoms with Crippen molar-refractivity contribution in [2.75, 3.05) is 10.6 Å². The van der Waals surface area contributed by atoms with Gasteiger partial charge >= 0.3 is 6.03 Å². The zero-order chi connectivity index (χ0) is 22.5. The Labute approximate surface area is 193 Å². The number of hydrogen-bond acceptors (Lipinski definition) is 6. The van der Waals surface area contributed by atoms with Crippen LogP contribution >= 0.6 is 24.0 Å². The summed E-state index contributed by atoms with van der Waals surface area (Å²) in [6.07, 6.45) is 2.03. The average molecular weight is 464 g/mol. The van der Waals surface area contributed by atoms with E-state index >= 15 is 0 Å². The number of fused-ring (bicyclic) bond motifs is 3. The molecule has 0 fully saturated rings. The molecule has 9 heteroatoms. The predicted octanol–water partition coefficient (Wildman–Crippen LogP) is 6.43. The number of nitrogens with one attached hydrogen (secondary N) is 2. The first-order valence-electron chi connectivity index (χ1n) is 10.0. The maximum atomic E-state index is 12.3. The highest BCUT2D eigenvalue weighted by Crippen LogP contribution is 2.31. The SMILES string of the molecule is CC(C)(C)c1cc(NC(=O)Nc2ccc(-c3cn4c(n3)sc3cc(S)ccc34)cc2)no1. The smallest absolute Gasteiger partial charge is 0.324 e. The first-order valence-corrected chi connectivity index (χ1v) is 11.3. The number of nitrogens with zero attached hydrogens (tertiary/aromatic N) is 3. The molecule has 2 aromatic carbocycles. The molecule has 2 N–H and O–H groups in total. The lowest BCUT2D eigenvalue weighted by molar-refractivity contribution is 0.262. The molecule has 3 aromatic heterocycles. The molecule has 7 nitrogen and oxygen atoms in total. The van der Waals surface area contributed by atoms with Gasteiger partial charge in [0, 0.05) is 33.8 Å². The zero-order valence-corrected chi connectivity index (χ0v) is 19.4. The summed E-state index contributed by atoms with van der Waals surface area (Å²) in [5, 5.41) is 9.39. The lowest BCUT2D eigenvalue weighted by Crippen LogP contribution is -2.19. The van der Waals surface area contributed by atoms with Gasteiger partial charge in [0.15, 0.2) is 10.8 Å². The summed E-state index contributed by atoms with van der Waals surface area (Å²) in [5.41, 5.74) is 3.44. The van der Waals surface area contributed by atoms with Crippen molar-refractivity contribution in [3.63, 3.8) is 0 Å². The van der Waals surface area contributed by atoms with Crippen LogP contribution in [0.25, 0.3) is 26.4 Å². The normalized spacial score (nSPS) is 11.9. The summed E-state index contributed by atoms with van der Waals surface area (Å²) in [6.45, 7) is 6.05. The van der Waals surface area contributed by atoms with Gasteiger partial charge in [0.25, 0.3) is 0 Å². The first kappa shape index (κ1) is 20.6. The van der Waals surface area contributed by atoms with E-state index in [0.717, 1.165) is 31.3 Å². The third kappa shape index (κ3) is 3.96. The topological polar surface area (TPSA) is 84.5 Å². The van der Waals surface area contributed by atoms with Crippen LogP contribution in [0.5, 0.6) is 0 Å². The summed E-state index contributed by atoms with van der Waals surface area (Å²) in [4.78, 5) is 18.9. The lowest BCUT2D eigenvalue weighted by atomic mass is 9.93. The van der Waals surface area contributed by atoms with Crippen LogP contribution in [0.1, 0.15) is 26.5 Å². The quantitative estimate of drug-likeness (QED) is 0.269. The fraction of sp³-hybridized carbons (Fsp3) is 0.174. The van der Waals surface area contributed by atoms with Gasteiger partial charge in [-0.2, -0.15) is 0 Å². The predicted molar refractivity (Wildman–Crippen MR) is 131 cm³/mol. The number of rotatable bonds is 3. The van der Waals surface area contributed by atoms with Crippen molar-refractivity contribution in [1.82, 2.24) is 14.5 Å². The van der Waals surface area contributed by atoms with Crippen LogP contribution in [0.2, 0.25) is 0 Å². The van der Waals surface area contributed by atoms with Crippen molar-refractivity contribution < 1.29 is 9.32 Å². The number of carbonyl (C=O) groups is 1. The Hall–Kier alpha value is -3.30. The van der Waals surface area contributed by atoms with E-state index in [9.17, 15) is 4.79 Å². The second kappa shape index (κ2) is 7.68. The molecule has 0 aliphatic carbocycles. The molecule has 0 saturated heterocycles. The molecule has 162 valence electrons. The van der Waals surface area contributed by atoms with Gasteiger partial charge in [0.05, 0.1) is 15.9 Å². The molecule has 0 bridgehead atoms. The van der Waals surface area contributed by atoms with E-state index in [2.05, 4.69) is 38.9 Å². The molecular formula is C23H21N5O2S2. The standard InChI is InChI=1S/C23H21N5O2S2/c1-23(2,3)19-11-20(27-30-19)26-21(29)24-14-6-4-13(5-7-14)16-12-28-17-9-8-15(31)10-18(17)32-22(28)25-16/h4-12,31H,1-3H3,(H2,24,26,27,29). The van der Waals surface area contributed by atoms with Crippen molar-refractivity contribution in [2.24, 2.45) is 0 Å². The molecule has 32 heavy (non-hydrogen) atoms. The Bertz CT molecular complexity index is 1440. The third-order valence-electron chi connectivity index (χ3n) is 5.01. The number of amides is 2. The minimum atomic E-state index is -0.385. The van der Waals surface area contributed by atoms with Crippen LogP contribution in [0.4, 0.5) is 16.3 Å². The van der Waals surface area contributed by atoms with Gasteiger partial charge in [-0.05, 0) is 30.3 Å². The zero-order valence-electron chi connectivity index (χ0n) is 17.7. The summed E-state index contributed by atoms with van der Waals surface area (Å²) in [7, 11) is 0. The molecule has 0 saturated carbocycles. The van der Waals surface area contributed by atoms with E-state index in [1.165, 1.54) is 0 Å². The van der Waals surface area contributed by atoms with Crippen LogP contribution in [0.15, 0.2) is 64.1 Å². The first-order chi connectivity index (χ1) is 15.3. The number of benzene rings is 2. The number of carbonyl (C=O) groups excluding carboxylic acids is 1. The summed E-state index contributed by atoms with van der Waals surface area (Å²) >= 11 is 6.04. The van der Waals surface area contributed by atoms with Gasteiger partial charge in [-0.1, -0.05) is 49.4 Å². The molecule has 0 spiro atoms. The van der Waals surface area contributed by atoms with Crippen LogP contribution in [0, 0.1) is 0 Å². The summed E-state index contributed by atoms with van der Waals surface area (Å²) in [6, 6.07) is 15.0. The highest BCUT2D eigenvalue weighted by Gasteiger charge is 2.20. The van der Waals surface area contributed by atoms with Crippen molar-refractivity contribution in [1.29, 1.82) is 0 Å². The van der Waals surface area contributed by atoms with E-state index in [1.54, 1.807) is 17.4 Å². The van der Waals surface area contributed by atoms with E-state index in [0.29, 0.717) is 17.3 Å². The van der Waals surface area contributed by atoms with E-state index in [-0.39, 0.29) is 11.4 Å². The van der Waals surface area contributed by atoms with Crippen molar-refractivity contribution in [2.45, 2.75) is 31.1 Å². The molecule has 0 unspecified atom stereocenters. The molecule has 5 rings (SSSR count). The number of thiol groups is 1. The maximum Gasteiger partial charge on any atom is 0.324 e. The molecule has 2 amide bonds. The Kier molecular flexibility index (Phi) is 4.94. The van der Waals surface area contributed by atoms with Gasteiger partial charge in [-0.25, -0.2) is 9.78 Å². The average Bonchev–Trinajstić information content (AvgIpc) is 3.42. The second-order valence-corrected chi connectivity index (χ2v) is 10.0. The second-order valence-electron chi connectivity index (χ2n) is 8.52. The highest BCUT2D eigenvalue weighted by atomic mass is 32.1. The number of thiazole rings is 1. The van der Waals surface area contributed by atoms with Gasteiger partial charge in [0.1, 0.15) is 5.76 Å². The molecule has 0 aliphatic rings. The van der Waals surface area contributed by atoms with Crippen LogP contribution in [0.3, 0.4) is 0 Å². The lowest BCUT2D eigenvalue weighted by Gasteiger charge is -2.12. The maximum absolute atomic E-state index is 12.3. The van der Waals surface area contributed by atoms with Gasteiger partial charge in [-0.3, -0.25) is 9.72 Å². The van der Waals surface area contributed by atoms with E-state index in [4.69, 9.17) is 9.51 Å². The molecule has 0 atom stereocenters. The molecule has 5 aromatic rings. The number of imidazole rings is 1. The Morgan fingerprint density at radius 1 is 1.09 bits per heavy atom. The van der Waals surface area contributed by atoms with Gasteiger partial charge in [-0.15, -0.1) is 12.6 Å². The highest BCUT2D eigenvalue weighted by molar-refractivity contribution is 7.80. The monoisotopic (exact) mass is 463 g/mol. The fourth-order valence-electron chi connectivity index (χ4n) is 3.32. The molecular weight excluding hydrogens is 442 g/mol. The largest absolute Gasteiger partial charge is 0.359 e. The van der Waals surface area contributed by atoms with Crippen molar-refractivity contribution in [3.05, 3.63) is 60.5 Å². The van der Waals surface area contributed by atoms with E-state index in [1.807, 2.05) is 63.4 Å². The summed E-state index contributed by atoms with van der Waals surface area (Å²) in [5.74, 6) is 1.08. The van der Waals surface area contributed by atoms with Crippen molar-refractivity contribution >= 4 is 56.7 Å². The molecule has 3 heterocycles. The van der Waals surface area contributed by atoms with E-state index < -0.39 is 0 Å². The Morgan fingerprint density at radius 3 is 2.59 bits per heavy atom. The fourth-order valence-corrected chi connectivity index (χ4v) is 4.66. The van der Waals surface area contributed by atoms with Crippen LogP contribution in [-0.2, 0) is 5.41 Å². The van der Waals surface area contributed by atoms with Crippen LogP contribution in [-0.4, -0.2) is 20.6 Å². The van der Waals surface area contributed by atoms with Gasteiger partial charge < -0.3 is 9.84 Å². The minimum absolute atomic E-state index is 0.178. The van der Waals surface area contributed by atoms with Crippen LogP contribution < -0.4 is 10.6 Å². The number of aromatic nitrogens is 3. The van der Waals surface area contributed by atoms with Crippen molar-refractivity contribution in [3.8, 4) is 11.3 Å². The number of anilines is 2. The third-order valence-corrected chi connectivity index (χ3v) is 6.30. The molecule has 0 aliphatic heterocycles. The number of urea groups is 1. The summed E-state index contributed by atoms with van der Waals surface area (Å²) < 4.78 is 8.53.